The smallest absolute Gasteiger partial charge is 0.340 e. The molecule has 0 spiro atoms. The van der Waals surface area contributed by atoms with Crippen molar-refractivity contribution in [2.24, 2.45) is 0 Å². The Morgan fingerprint density at radius 1 is 1.59 bits per heavy atom. The molecule has 17 heavy (non-hydrogen) atoms. The van der Waals surface area contributed by atoms with Crippen molar-refractivity contribution in [2.75, 3.05) is 12.3 Å². The lowest BCUT2D eigenvalue weighted by atomic mass is 10.1. The van der Waals surface area contributed by atoms with Crippen molar-refractivity contribution < 1.29 is 14.6 Å². The number of nitrogens with two attached hydrogens (primary N) is 1. The van der Waals surface area contributed by atoms with Crippen LogP contribution < -0.4 is 5.73 Å². The lowest BCUT2D eigenvalue weighted by Crippen LogP contribution is -2.22. The molecule has 5 heteroatoms. The molecule has 0 fully saturated rings. The van der Waals surface area contributed by atoms with E-state index < -0.39 is 11.6 Å². The third kappa shape index (κ3) is 4.40. The van der Waals surface area contributed by atoms with Crippen LogP contribution in [-0.2, 0) is 4.74 Å². The maximum Gasteiger partial charge on any atom is 0.340 e. The highest BCUT2D eigenvalue weighted by molar-refractivity contribution is 5.91. The van der Waals surface area contributed by atoms with Crippen LogP contribution in [-0.4, -0.2) is 28.3 Å². The van der Waals surface area contributed by atoms with Gasteiger partial charge in [-0.25, -0.2) is 4.79 Å². The molecule has 0 atom stereocenters. The molecule has 0 amide bonds. The number of carbonyl (C=O) groups excluding carboxylic acids is 1. The lowest BCUT2D eigenvalue weighted by molar-refractivity contribution is 0.0243. The Morgan fingerprint density at radius 3 is 2.82 bits per heavy atom. The van der Waals surface area contributed by atoms with Gasteiger partial charge in [0, 0.05) is 6.42 Å². The molecule has 0 aliphatic carbocycles. The molecule has 0 unspecified atom stereocenters. The van der Waals surface area contributed by atoms with Crippen LogP contribution in [0.25, 0.3) is 0 Å². The average Bonchev–Trinajstić information content (AvgIpc) is 2.19. The van der Waals surface area contributed by atoms with Crippen LogP contribution in [0.3, 0.4) is 0 Å². The molecule has 0 radical (unpaired) electrons. The van der Waals surface area contributed by atoms with E-state index >= 15 is 0 Å². The largest absolute Gasteiger partial charge is 0.462 e. The first-order valence-corrected chi connectivity index (χ1v) is 5.41. The second kappa shape index (κ2) is 5.14. The summed E-state index contributed by atoms with van der Waals surface area (Å²) < 4.78 is 5.05. The number of ether oxygens (including phenoxy) is 1. The summed E-state index contributed by atoms with van der Waals surface area (Å²) in [5.74, 6) is -0.466. The third-order valence-electron chi connectivity index (χ3n) is 2.27. The highest BCUT2D eigenvalue weighted by Gasteiger charge is 2.16. The van der Waals surface area contributed by atoms with Gasteiger partial charge in [0.25, 0.3) is 0 Å². The van der Waals surface area contributed by atoms with E-state index in [1.807, 2.05) is 0 Å². The predicted molar refractivity (Wildman–Crippen MR) is 64.6 cm³/mol. The highest BCUT2D eigenvalue weighted by atomic mass is 16.5. The van der Waals surface area contributed by atoms with E-state index in [0.29, 0.717) is 23.4 Å². The molecule has 1 heterocycles. The maximum atomic E-state index is 11.7. The predicted octanol–water partition coefficient (Wildman–Crippen LogP) is 1.29. The lowest BCUT2D eigenvalue weighted by Gasteiger charge is -2.16. The Kier molecular flexibility index (Phi) is 4.07. The number of hydrogen-bond acceptors (Lipinski definition) is 5. The molecular formula is C12H18N2O3. The zero-order valence-corrected chi connectivity index (χ0v) is 10.4. The van der Waals surface area contributed by atoms with Crippen molar-refractivity contribution in [3.05, 3.63) is 23.5 Å². The van der Waals surface area contributed by atoms with Crippen molar-refractivity contribution >= 4 is 11.7 Å². The zero-order valence-electron chi connectivity index (χ0n) is 10.4. The fourth-order valence-electron chi connectivity index (χ4n) is 1.23. The van der Waals surface area contributed by atoms with Gasteiger partial charge in [0.15, 0.2) is 0 Å². The number of aromatic nitrogens is 1. The minimum Gasteiger partial charge on any atom is -0.462 e. The standard InChI is InChI=1S/C12H18N2O3/c1-8-10(6-9(13)7-14-8)11(15)17-5-4-12(2,3)16/h6-7,16H,4-5,13H2,1-3H3. The van der Waals surface area contributed by atoms with Gasteiger partial charge in [0.1, 0.15) is 0 Å². The fraction of sp³-hybridized carbons (Fsp3) is 0.500. The number of anilines is 1. The Bertz CT molecular complexity index is 411. The van der Waals surface area contributed by atoms with Crippen LogP contribution in [0.4, 0.5) is 5.69 Å². The number of pyridine rings is 1. The first-order chi connectivity index (χ1) is 7.79. The average molecular weight is 238 g/mol. The second-order valence-electron chi connectivity index (χ2n) is 4.60. The van der Waals surface area contributed by atoms with Crippen molar-refractivity contribution in [1.29, 1.82) is 0 Å². The van der Waals surface area contributed by atoms with Gasteiger partial charge in [-0.1, -0.05) is 0 Å². The molecule has 1 aromatic heterocycles. The molecule has 0 saturated heterocycles. The summed E-state index contributed by atoms with van der Waals surface area (Å²) >= 11 is 0. The van der Waals surface area contributed by atoms with E-state index in [2.05, 4.69) is 4.98 Å². The van der Waals surface area contributed by atoms with Crippen molar-refractivity contribution in [3.63, 3.8) is 0 Å². The van der Waals surface area contributed by atoms with Gasteiger partial charge in [-0.05, 0) is 26.8 Å². The van der Waals surface area contributed by atoms with Crippen LogP contribution in [0.2, 0.25) is 0 Å². The number of rotatable bonds is 4. The van der Waals surface area contributed by atoms with Gasteiger partial charge < -0.3 is 15.6 Å². The van der Waals surface area contributed by atoms with Gasteiger partial charge in [-0.15, -0.1) is 0 Å². The normalized spacial score (nSPS) is 11.3. The van der Waals surface area contributed by atoms with Gasteiger partial charge >= 0.3 is 5.97 Å². The first kappa shape index (κ1) is 13.4. The quantitative estimate of drug-likeness (QED) is 0.772. The van der Waals surface area contributed by atoms with Crippen molar-refractivity contribution in [1.82, 2.24) is 4.98 Å². The summed E-state index contributed by atoms with van der Waals surface area (Å²) in [7, 11) is 0. The summed E-state index contributed by atoms with van der Waals surface area (Å²) in [5.41, 5.74) is 6.07. The molecule has 0 aliphatic rings. The van der Waals surface area contributed by atoms with Gasteiger partial charge in [0.2, 0.25) is 0 Å². The molecule has 1 rings (SSSR count). The molecule has 0 aromatic carbocycles. The summed E-state index contributed by atoms with van der Waals surface area (Å²) in [5, 5.41) is 9.48. The molecular weight excluding hydrogens is 220 g/mol. The van der Waals surface area contributed by atoms with Gasteiger partial charge in [0.05, 0.1) is 35.3 Å². The Hall–Kier alpha value is -1.62. The topological polar surface area (TPSA) is 85.4 Å². The molecule has 0 bridgehead atoms. The van der Waals surface area contributed by atoms with E-state index in [0.717, 1.165) is 0 Å². The number of aryl methyl sites for hydroxylation is 1. The highest BCUT2D eigenvalue weighted by Crippen LogP contribution is 2.12. The van der Waals surface area contributed by atoms with E-state index in [-0.39, 0.29) is 6.61 Å². The molecule has 94 valence electrons. The van der Waals surface area contributed by atoms with Gasteiger partial charge in [-0.3, -0.25) is 4.98 Å². The van der Waals surface area contributed by atoms with E-state index in [4.69, 9.17) is 10.5 Å². The second-order valence-corrected chi connectivity index (χ2v) is 4.60. The van der Waals surface area contributed by atoms with E-state index in [1.54, 1.807) is 20.8 Å². The number of carbonyl (C=O) groups is 1. The maximum absolute atomic E-state index is 11.7. The number of nitrogens with zero attached hydrogens (tertiary/aromatic N) is 1. The molecule has 5 nitrogen and oxygen atoms in total. The van der Waals surface area contributed by atoms with Crippen LogP contribution >= 0.6 is 0 Å². The fourth-order valence-corrected chi connectivity index (χ4v) is 1.23. The van der Waals surface area contributed by atoms with E-state index in [1.165, 1.54) is 12.3 Å². The van der Waals surface area contributed by atoms with Crippen molar-refractivity contribution in [2.45, 2.75) is 32.8 Å². The number of nitrogen functional groups attached to an aromatic ring is 1. The minimum atomic E-state index is -0.844. The SMILES string of the molecule is Cc1ncc(N)cc1C(=O)OCCC(C)(C)O. The molecule has 0 aliphatic heterocycles. The minimum absolute atomic E-state index is 0.163. The van der Waals surface area contributed by atoms with Crippen molar-refractivity contribution in [3.8, 4) is 0 Å². The zero-order chi connectivity index (χ0) is 13.1. The molecule has 0 saturated carbocycles. The van der Waals surface area contributed by atoms with Crippen LogP contribution in [0, 0.1) is 6.92 Å². The molecule has 3 N–H and O–H groups in total. The summed E-state index contributed by atoms with van der Waals surface area (Å²) in [6.45, 7) is 5.20. The van der Waals surface area contributed by atoms with Crippen LogP contribution in [0.1, 0.15) is 36.3 Å². The van der Waals surface area contributed by atoms with E-state index in [9.17, 15) is 9.90 Å². The molecule has 1 aromatic rings. The first-order valence-electron chi connectivity index (χ1n) is 5.41. The van der Waals surface area contributed by atoms with Crippen LogP contribution in [0.15, 0.2) is 12.3 Å². The van der Waals surface area contributed by atoms with Gasteiger partial charge in [-0.2, -0.15) is 0 Å². The monoisotopic (exact) mass is 238 g/mol. The number of hydrogen-bond donors (Lipinski definition) is 2. The number of aliphatic hydroxyl groups is 1. The summed E-state index contributed by atoms with van der Waals surface area (Å²) in [6, 6.07) is 1.54. The third-order valence-corrected chi connectivity index (χ3v) is 2.27. The Labute approximate surface area is 101 Å². The summed E-state index contributed by atoms with van der Waals surface area (Å²) in [6.07, 6.45) is 1.87. The van der Waals surface area contributed by atoms with Crippen LogP contribution in [0.5, 0.6) is 0 Å². The summed E-state index contributed by atoms with van der Waals surface area (Å²) in [4.78, 5) is 15.7. The Balaban J connectivity index is 2.61. The Morgan fingerprint density at radius 2 is 2.24 bits per heavy atom. The number of esters is 1.